The zero-order chi connectivity index (χ0) is 13.5. The van der Waals surface area contributed by atoms with E-state index in [2.05, 4.69) is 10.2 Å². The summed E-state index contributed by atoms with van der Waals surface area (Å²) in [5, 5.41) is 13.1. The maximum atomic E-state index is 10.7. The Morgan fingerprint density at radius 3 is 2.63 bits per heavy atom. The largest absolute Gasteiger partial charge is 0.386 e. The average Bonchev–Trinajstić information content (AvgIpc) is 2.48. The molecule has 0 bridgehead atoms. The van der Waals surface area contributed by atoms with Crippen LogP contribution in [0.1, 0.15) is 11.7 Å². The molecule has 1 aliphatic rings. The van der Waals surface area contributed by atoms with Crippen molar-refractivity contribution >= 4 is 6.41 Å². The van der Waals surface area contributed by atoms with Crippen molar-refractivity contribution in [1.29, 1.82) is 0 Å². The van der Waals surface area contributed by atoms with E-state index in [1.807, 2.05) is 30.3 Å². The Morgan fingerprint density at radius 1 is 1.32 bits per heavy atom. The van der Waals surface area contributed by atoms with Crippen LogP contribution in [0.2, 0.25) is 0 Å². The lowest BCUT2D eigenvalue weighted by molar-refractivity contribution is -0.111. The molecule has 2 N–H and O–H groups in total. The SMILES string of the molecule is O=CN[C@@H](CN1CCOCC1)[C@@H](O)c1ccccc1. The van der Waals surface area contributed by atoms with Gasteiger partial charge in [-0.2, -0.15) is 0 Å². The van der Waals surface area contributed by atoms with E-state index in [-0.39, 0.29) is 6.04 Å². The molecule has 0 aromatic heterocycles. The van der Waals surface area contributed by atoms with Gasteiger partial charge in [0.1, 0.15) is 6.10 Å². The van der Waals surface area contributed by atoms with E-state index in [0.29, 0.717) is 26.2 Å². The summed E-state index contributed by atoms with van der Waals surface area (Å²) < 4.78 is 5.29. The molecule has 2 atom stereocenters. The molecular formula is C14H20N2O3. The van der Waals surface area contributed by atoms with Crippen LogP contribution in [-0.4, -0.2) is 55.3 Å². The zero-order valence-electron chi connectivity index (χ0n) is 10.9. The molecule has 2 rings (SSSR count). The van der Waals surface area contributed by atoms with Gasteiger partial charge in [0, 0.05) is 19.6 Å². The molecule has 104 valence electrons. The molecule has 0 unspecified atom stereocenters. The molecule has 1 saturated heterocycles. The quantitative estimate of drug-likeness (QED) is 0.719. The van der Waals surface area contributed by atoms with Gasteiger partial charge < -0.3 is 15.2 Å². The van der Waals surface area contributed by atoms with E-state index in [4.69, 9.17) is 4.74 Å². The number of hydrogen-bond acceptors (Lipinski definition) is 4. The summed E-state index contributed by atoms with van der Waals surface area (Å²) in [5.41, 5.74) is 0.815. The molecule has 1 fully saturated rings. The Kier molecular flexibility index (Phi) is 5.32. The van der Waals surface area contributed by atoms with Crippen molar-refractivity contribution in [3.63, 3.8) is 0 Å². The van der Waals surface area contributed by atoms with Crippen LogP contribution < -0.4 is 5.32 Å². The fraction of sp³-hybridized carbons (Fsp3) is 0.500. The molecule has 1 aromatic rings. The summed E-state index contributed by atoms with van der Waals surface area (Å²) in [4.78, 5) is 12.9. The summed E-state index contributed by atoms with van der Waals surface area (Å²) in [7, 11) is 0. The molecule has 0 radical (unpaired) electrons. The number of hydrogen-bond donors (Lipinski definition) is 2. The van der Waals surface area contributed by atoms with Crippen molar-refractivity contribution in [2.24, 2.45) is 0 Å². The van der Waals surface area contributed by atoms with Gasteiger partial charge in [-0.1, -0.05) is 30.3 Å². The number of ether oxygens (including phenoxy) is 1. The fourth-order valence-corrected chi connectivity index (χ4v) is 2.28. The Labute approximate surface area is 113 Å². The molecule has 0 spiro atoms. The Balaban J connectivity index is 1.99. The third-order valence-corrected chi connectivity index (χ3v) is 3.36. The van der Waals surface area contributed by atoms with Crippen molar-refractivity contribution in [3.05, 3.63) is 35.9 Å². The van der Waals surface area contributed by atoms with Crippen molar-refractivity contribution in [1.82, 2.24) is 10.2 Å². The minimum Gasteiger partial charge on any atom is -0.386 e. The van der Waals surface area contributed by atoms with Gasteiger partial charge in [0.25, 0.3) is 0 Å². The maximum Gasteiger partial charge on any atom is 0.207 e. The van der Waals surface area contributed by atoms with Crippen LogP contribution in [0.3, 0.4) is 0 Å². The number of carbonyl (C=O) groups excluding carboxylic acids is 1. The van der Waals surface area contributed by atoms with Crippen molar-refractivity contribution < 1.29 is 14.6 Å². The average molecular weight is 264 g/mol. The van der Waals surface area contributed by atoms with Gasteiger partial charge in [-0.3, -0.25) is 9.69 Å². The smallest absolute Gasteiger partial charge is 0.207 e. The van der Waals surface area contributed by atoms with Crippen LogP contribution in [0.15, 0.2) is 30.3 Å². The fourth-order valence-electron chi connectivity index (χ4n) is 2.28. The lowest BCUT2D eigenvalue weighted by atomic mass is 10.0. The Hall–Kier alpha value is -1.43. The van der Waals surface area contributed by atoms with Gasteiger partial charge in [-0.15, -0.1) is 0 Å². The first-order chi connectivity index (χ1) is 9.31. The zero-order valence-corrected chi connectivity index (χ0v) is 10.9. The van der Waals surface area contributed by atoms with E-state index in [1.54, 1.807) is 0 Å². The first kappa shape index (κ1) is 14.0. The van der Waals surface area contributed by atoms with Crippen molar-refractivity contribution in [2.75, 3.05) is 32.8 Å². The van der Waals surface area contributed by atoms with E-state index in [1.165, 1.54) is 0 Å². The maximum absolute atomic E-state index is 10.7. The standard InChI is InChI=1S/C14H20N2O3/c17-11-15-13(10-16-6-8-19-9-7-16)14(18)12-4-2-1-3-5-12/h1-5,11,13-14,18H,6-10H2,(H,15,17)/t13-,14-/m0/s1. The highest BCUT2D eigenvalue weighted by Crippen LogP contribution is 2.17. The van der Waals surface area contributed by atoms with Crippen LogP contribution >= 0.6 is 0 Å². The van der Waals surface area contributed by atoms with E-state index in [0.717, 1.165) is 18.7 Å². The molecule has 1 amide bonds. The highest BCUT2D eigenvalue weighted by atomic mass is 16.5. The minimum absolute atomic E-state index is 0.307. The number of morpholine rings is 1. The Morgan fingerprint density at radius 2 is 2.00 bits per heavy atom. The molecule has 1 heterocycles. The predicted molar refractivity (Wildman–Crippen MR) is 71.6 cm³/mol. The number of aliphatic hydroxyl groups is 1. The van der Waals surface area contributed by atoms with Gasteiger partial charge in [-0.05, 0) is 5.56 Å². The number of nitrogens with one attached hydrogen (secondary N) is 1. The molecule has 0 saturated carbocycles. The summed E-state index contributed by atoms with van der Waals surface area (Å²) in [5.74, 6) is 0. The number of amides is 1. The number of carbonyl (C=O) groups is 1. The lowest BCUT2D eigenvalue weighted by Crippen LogP contribution is -2.47. The first-order valence-corrected chi connectivity index (χ1v) is 6.54. The first-order valence-electron chi connectivity index (χ1n) is 6.54. The highest BCUT2D eigenvalue weighted by Gasteiger charge is 2.23. The molecule has 5 nitrogen and oxygen atoms in total. The molecular weight excluding hydrogens is 244 g/mol. The summed E-state index contributed by atoms with van der Waals surface area (Å²) in [6.07, 6.45) is -0.0497. The second-order valence-electron chi connectivity index (χ2n) is 4.66. The second kappa shape index (κ2) is 7.23. The summed E-state index contributed by atoms with van der Waals surface area (Å²) in [6.45, 7) is 3.69. The third kappa shape index (κ3) is 4.02. The minimum atomic E-state index is -0.700. The van der Waals surface area contributed by atoms with Gasteiger partial charge in [0.15, 0.2) is 0 Å². The molecule has 1 aromatic carbocycles. The van der Waals surface area contributed by atoms with E-state index >= 15 is 0 Å². The van der Waals surface area contributed by atoms with Crippen LogP contribution in [0.4, 0.5) is 0 Å². The molecule has 0 aliphatic carbocycles. The highest BCUT2D eigenvalue weighted by molar-refractivity contribution is 5.47. The van der Waals surface area contributed by atoms with E-state index < -0.39 is 6.10 Å². The molecule has 1 aliphatic heterocycles. The van der Waals surface area contributed by atoms with Gasteiger partial charge in [0.05, 0.1) is 19.3 Å². The van der Waals surface area contributed by atoms with Crippen LogP contribution in [0.5, 0.6) is 0 Å². The van der Waals surface area contributed by atoms with Gasteiger partial charge >= 0.3 is 0 Å². The second-order valence-corrected chi connectivity index (χ2v) is 4.66. The van der Waals surface area contributed by atoms with Gasteiger partial charge in [0.2, 0.25) is 6.41 Å². The number of aliphatic hydroxyl groups excluding tert-OH is 1. The monoisotopic (exact) mass is 264 g/mol. The molecule has 19 heavy (non-hydrogen) atoms. The third-order valence-electron chi connectivity index (χ3n) is 3.36. The van der Waals surface area contributed by atoms with Crippen molar-refractivity contribution in [2.45, 2.75) is 12.1 Å². The van der Waals surface area contributed by atoms with Crippen LogP contribution in [0.25, 0.3) is 0 Å². The predicted octanol–water partition coefficient (Wildman–Crippen LogP) is 0.167. The van der Waals surface area contributed by atoms with Crippen LogP contribution in [0, 0.1) is 0 Å². The molecule has 5 heteroatoms. The topological polar surface area (TPSA) is 61.8 Å². The number of benzene rings is 1. The van der Waals surface area contributed by atoms with Gasteiger partial charge in [-0.25, -0.2) is 0 Å². The van der Waals surface area contributed by atoms with Crippen molar-refractivity contribution in [3.8, 4) is 0 Å². The number of nitrogens with zero attached hydrogens (tertiary/aromatic N) is 1. The normalized spacial score (nSPS) is 19.6. The lowest BCUT2D eigenvalue weighted by Gasteiger charge is -2.32. The van der Waals surface area contributed by atoms with E-state index in [9.17, 15) is 9.90 Å². The summed E-state index contributed by atoms with van der Waals surface area (Å²) in [6, 6.07) is 9.09. The number of rotatable bonds is 6. The summed E-state index contributed by atoms with van der Waals surface area (Å²) >= 11 is 0. The Bertz CT molecular complexity index is 380. The van der Waals surface area contributed by atoms with Crippen LogP contribution in [-0.2, 0) is 9.53 Å².